The lowest BCUT2D eigenvalue weighted by molar-refractivity contribution is -0.111. The normalized spacial score (nSPS) is 13.0. The van der Waals surface area contributed by atoms with Gasteiger partial charge in [-0.2, -0.15) is 0 Å². The molecule has 0 saturated carbocycles. The predicted octanol–water partition coefficient (Wildman–Crippen LogP) is 5.58. The molecule has 0 aliphatic carbocycles. The Labute approximate surface area is 229 Å². The zero-order valence-electron chi connectivity index (χ0n) is 21.3. The van der Waals surface area contributed by atoms with Gasteiger partial charge < -0.3 is 30.7 Å². The Kier molecular flexibility index (Phi) is 7.83. The van der Waals surface area contributed by atoms with Gasteiger partial charge in [0.25, 0.3) is 0 Å². The first-order valence-electron chi connectivity index (χ1n) is 12.4. The summed E-state index contributed by atoms with van der Waals surface area (Å²) in [6, 6.07) is 14.9. The van der Waals surface area contributed by atoms with Crippen molar-refractivity contribution in [2.24, 2.45) is 0 Å². The average molecular weight is 545 g/mol. The third-order valence-electron chi connectivity index (χ3n) is 6.10. The summed E-state index contributed by atoms with van der Waals surface area (Å²) >= 11 is 0. The van der Waals surface area contributed by atoms with E-state index in [9.17, 15) is 18.7 Å². The minimum Gasteiger partial charge on any atom is -0.506 e. The van der Waals surface area contributed by atoms with Crippen molar-refractivity contribution in [1.29, 1.82) is 0 Å². The van der Waals surface area contributed by atoms with Crippen LogP contribution in [0.25, 0.3) is 11.3 Å². The number of nitrogens with one attached hydrogen (secondary N) is 3. The van der Waals surface area contributed by atoms with Gasteiger partial charge in [0.05, 0.1) is 36.5 Å². The second-order valence-electron chi connectivity index (χ2n) is 8.94. The molecular weight excluding hydrogens is 518 g/mol. The molecule has 0 atom stereocenters. The van der Waals surface area contributed by atoms with E-state index in [1.807, 2.05) is 4.90 Å². The number of rotatable bonds is 8. The number of morpholine rings is 1. The Morgan fingerprint density at radius 3 is 2.52 bits per heavy atom. The monoisotopic (exact) mass is 544 g/mol. The number of phenols is 1. The summed E-state index contributed by atoms with van der Waals surface area (Å²) in [5, 5.41) is 19.2. The molecule has 1 fully saturated rings. The van der Waals surface area contributed by atoms with E-state index in [4.69, 9.17) is 4.74 Å². The third-order valence-corrected chi connectivity index (χ3v) is 6.10. The van der Waals surface area contributed by atoms with Gasteiger partial charge in [0.15, 0.2) is 0 Å². The standard InChI is InChI=1S/C29H26F2N6O3/c1-2-27(39)34-23-13-18(12-20(31)15-23)28-24(33-21-5-3-4-19(30)14-21)17-32-29(36-28)35-22-6-7-26(38)25(16-22)37-8-10-40-11-9-37/h2-7,12-17,33,38H,1,8-11H2,(H,34,39)(H,32,35,36). The molecule has 0 radical (unpaired) electrons. The number of benzene rings is 3. The van der Waals surface area contributed by atoms with Gasteiger partial charge in [-0.3, -0.25) is 4.79 Å². The van der Waals surface area contributed by atoms with Crippen LogP contribution in [0.4, 0.5) is 43.2 Å². The molecule has 1 saturated heterocycles. The van der Waals surface area contributed by atoms with Crippen molar-refractivity contribution in [2.75, 3.05) is 47.2 Å². The lowest BCUT2D eigenvalue weighted by atomic mass is 10.1. The largest absolute Gasteiger partial charge is 0.506 e. The zero-order valence-corrected chi connectivity index (χ0v) is 21.3. The number of ether oxygens (including phenoxy) is 1. The van der Waals surface area contributed by atoms with Crippen molar-refractivity contribution in [3.63, 3.8) is 0 Å². The molecule has 5 rings (SSSR count). The Bertz CT molecular complexity index is 1560. The van der Waals surface area contributed by atoms with Gasteiger partial charge in [-0.25, -0.2) is 18.7 Å². The molecular formula is C29H26F2N6O3. The molecule has 3 aromatic carbocycles. The number of carbonyl (C=O) groups is 1. The van der Waals surface area contributed by atoms with Crippen LogP contribution in [0.5, 0.6) is 5.75 Å². The summed E-state index contributed by atoms with van der Waals surface area (Å²) in [4.78, 5) is 22.9. The molecule has 1 aliphatic heterocycles. The second kappa shape index (κ2) is 11.8. The number of phenolic OH excluding ortho intramolecular Hbond substituents is 1. The lowest BCUT2D eigenvalue weighted by Gasteiger charge is -2.29. The van der Waals surface area contributed by atoms with Gasteiger partial charge in [-0.1, -0.05) is 12.6 Å². The third kappa shape index (κ3) is 6.33. The Morgan fingerprint density at radius 2 is 1.75 bits per heavy atom. The van der Waals surface area contributed by atoms with Crippen molar-refractivity contribution in [1.82, 2.24) is 9.97 Å². The Balaban J connectivity index is 1.52. The number of aromatic nitrogens is 2. The van der Waals surface area contributed by atoms with Gasteiger partial charge in [0.1, 0.15) is 17.4 Å². The maximum absolute atomic E-state index is 14.6. The van der Waals surface area contributed by atoms with E-state index in [1.54, 1.807) is 36.4 Å². The minimum absolute atomic E-state index is 0.137. The maximum atomic E-state index is 14.6. The average Bonchev–Trinajstić information content (AvgIpc) is 2.95. The van der Waals surface area contributed by atoms with Crippen LogP contribution in [0.2, 0.25) is 0 Å². The van der Waals surface area contributed by atoms with Crippen LogP contribution in [0, 0.1) is 11.6 Å². The summed E-state index contributed by atoms with van der Waals surface area (Å²) in [7, 11) is 0. The van der Waals surface area contributed by atoms with E-state index in [2.05, 4.69) is 32.5 Å². The van der Waals surface area contributed by atoms with Crippen LogP contribution < -0.4 is 20.9 Å². The summed E-state index contributed by atoms with van der Waals surface area (Å²) in [6.45, 7) is 5.83. The van der Waals surface area contributed by atoms with Crippen LogP contribution in [0.3, 0.4) is 0 Å². The summed E-state index contributed by atoms with van der Waals surface area (Å²) in [5.74, 6) is -1.20. The van der Waals surface area contributed by atoms with Gasteiger partial charge in [-0.15, -0.1) is 0 Å². The number of aromatic hydroxyl groups is 1. The molecule has 40 heavy (non-hydrogen) atoms. The molecule has 1 amide bonds. The summed E-state index contributed by atoms with van der Waals surface area (Å²) < 4.78 is 33.9. The molecule has 9 nitrogen and oxygen atoms in total. The number of hydrogen-bond acceptors (Lipinski definition) is 8. The van der Waals surface area contributed by atoms with Gasteiger partial charge in [0, 0.05) is 35.7 Å². The number of nitrogens with zero attached hydrogens (tertiary/aromatic N) is 3. The number of carbonyl (C=O) groups excluding carboxylic acids is 1. The molecule has 1 aromatic heterocycles. The number of hydrogen-bond donors (Lipinski definition) is 4. The maximum Gasteiger partial charge on any atom is 0.247 e. The van der Waals surface area contributed by atoms with Crippen LogP contribution in [-0.4, -0.2) is 47.3 Å². The Hall–Kier alpha value is -5.03. The highest BCUT2D eigenvalue weighted by molar-refractivity contribution is 5.99. The van der Waals surface area contributed by atoms with Gasteiger partial charge in [-0.05, 0) is 60.7 Å². The van der Waals surface area contributed by atoms with E-state index in [-0.39, 0.29) is 17.4 Å². The molecule has 0 spiro atoms. The minimum atomic E-state index is -0.602. The lowest BCUT2D eigenvalue weighted by Crippen LogP contribution is -2.36. The number of halogens is 2. The summed E-state index contributed by atoms with van der Waals surface area (Å²) in [5.41, 5.74) is 2.92. The van der Waals surface area contributed by atoms with Crippen LogP contribution in [0.15, 0.2) is 79.5 Å². The van der Waals surface area contributed by atoms with Crippen LogP contribution in [0.1, 0.15) is 0 Å². The molecule has 0 bridgehead atoms. The number of amides is 1. The van der Waals surface area contributed by atoms with E-state index in [0.717, 1.165) is 6.08 Å². The van der Waals surface area contributed by atoms with Crippen molar-refractivity contribution >= 4 is 40.3 Å². The van der Waals surface area contributed by atoms with Crippen LogP contribution >= 0.6 is 0 Å². The fourth-order valence-corrected chi connectivity index (χ4v) is 4.25. The molecule has 4 N–H and O–H groups in total. The molecule has 2 heterocycles. The summed E-state index contributed by atoms with van der Waals surface area (Å²) in [6.07, 6.45) is 2.57. The SMILES string of the molecule is C=CC(=O)Nc1cc(F)cc(-c2nc(Nc3ccc(O)c(N4CCOCC4)c3)ncc2Nc2cccc(F)c2)c1. The number of anilines is 6. The molecule has 11 heteroatoms. The smallest absolute Gasteiger partial charge is 0.247 e. The predicted molar refractivity (Wildman–Crippen MR) is 150 cm³/mol. The highest BCUT2D eigenvalue weighted by atomic mass is 19.1. The first-order valence-corrected chi connectivity index (χ1v) is 12.4. The van der Waals surface area contributed by atoms with Gasteiger partial charge >= 0.3 is 0 Å². The van der Waals surface area contributed by atoms with Crippen molar-refractivity contribution in [2.45, 2.75) is 0 Å². The zero-order chi connectivity index (χ0) is 28.1. The quantitative estimate of drug-likeness (QED) is 0.168. The Morgan fingerprint density at radius 1 is 0.975 bits per heavy atom. The van der Waals surface area contributed by atoms with Crippen molar-refractivity contribution in [3.8, 4) is 17.0 Å². The van der Waals surface area contributed by atoms with Crippen molar-refractivity contribution in [3.05, 3.63) is 91.1 Å². The van der Waals surface area contributed by atoms with E-state index in [1.165, 1.54) is 30.5 Å². The van der Waals surface area contributed by atoms with E-state index in [0.29, 0.717) is 60.3 Å². The highest BCUT2D eigenvalue weighted by Crippen LogP contribution is 2.34. The van der Waals surface area contributed by atoms with E-state index < -0.39 is 17.5 Å². The first-order chi connectivity index (χ1) is 19.4. The first kappa shape index (κ1) is 26.6. The molecule has 4 aromatic rings. The van der Waals surface area contributed by atoms with Crippen LogP contribution in [-0.2, 0) is 9.53 Å². The molecule has 0 unspecified atom stereocenters. The fraction of sp³-hybridized carbons (Fsp3) is 0.138. The second-order valence-corrected chi connectivity index (χ2v) is 8.94. The molecule has 204 valence electrons. The van der Waals surface area contributed by atoms with Crippen molar-refractivity contribution < 1.29 is 23.4 Å². The fourth-order valence-electron chi connectivity index (χ4n) is 4.25. The van der Waals surface area contributed by atoms with E-state index >= 15 is 0 Å². The van der Waals surface area contributed by atoms with Gasteiger partial charge in [0.2, 0.25) is 11.9 Å². The topological polar surface area (TPSA) is 112 Å². The highest BCUT2D eigenvalue weighted by Gasteiger charge is 2.17. The molecule has 1 aliphatic rings.